The number of ether oxygens (including phenoxy) is 1. The molecule has 0 fully saturated rings. The molecular formula is C13H11Br2NO. The summed E-state index contributed by atoms with van der Waals surface area (Å²) in [7, 11) is 0. The molecule has 17 heavy (non-hydrogen) atoms. The quantitative estimate of drug-likeness (QED) is 0.880. The highest BCUT2D eigenvalue weighted by Crippen LogP contribution is 2.27. The summed E-state index contributed by atoms with van der Waals surface area (Å²) in [5, 5.41) is 0. The number of hydrogen-bond donors (Lipinski definition) is 1. The molecule has 2 aromatic carbocycles. The van der Waals surface area contributed by atoms with E-state index in [1.807, 2.05) is 42.5 Å². The van der Waals surface area contributed by atoms with Crippen LogP contribution >= 0.6 is 31.9 Å². The second kappa shape index (κ2) is 5.67. The van der Waals surface area contributed by atoms with Crippen LogP contribution in [-0.4, -0.2) is 0 Å². The first-order valence-corrected chi connectivity index (χ1v) is 6.69. The lowest BCUT2D eigenvalue weighted by Gasteiger charge is -2.08. The maximum atomic E-state index is 5.77. The topological polar surface area (TPSA) is 35.2 Å². The van der Waals surface area contributed by atoms with Crippen molar-refractivity contribution >= 4 is 31.9 Å². The average molecular weight is 357 g/mol. The van der Waals surface area contributed by atoms with E-state index < -0.39 is 0 Å². The van der Waals surface area contributed by atoms with Crippen LogP contribution in [0.2, 0.25) is 0 Å². The van der Waals surface area contributed by atoms with Gasteiger partial charge in [-0.1, -0.05) is 37.9 Å². The summed E-state index contributed by atoms with van der Waals surface area (Å²) in [5.74, 6) is 1.57. The van der Waals surface area contributed by atoms with E-state index >= 15 is 0 Å². The normalized spacial score (nSPS) is 10.3. The van der Waals surface area contributed by atoms with Gasteiger partial charge in [-0.2, -0.15) is 0 Å². The molecule has 0 atom stereocenters. The molecule has 2 N–H and O–H groups in total. The van der Waals surface area contributed by atoms with Crippen molar-refractivity contribution in [2.45, 2.75) is 6.54 Å². The maximum Gasteiger partial charge on any atom is 0.128 e. The second-order valence-electron chi connectivity index (χ2n) is 3.56. The molecule has 0 aliphatic rings. The van der Waals surface area contributed by atoms with Crippen molar-refractivity contribution in [3.8, 4) is 11.5 Å². The van der Waals surface area contributed by atoms with E-state index in [4.69, 9.17) is 10.5 Å². The summed E-state index contributed by atoms with van der Waals surface area (Å²) in [6, 6.07) is 13.6. The van der Waals surface area contributed by atoms with Crippen LogP contribution in [-0.2, 0) is 6.54 Å². The van der Waals surface area contributed by atoms with E-state index in [-0.39, 0.29) is 0 Å². The highest BCUT2D eigenvalue weighted by atomic mass is 79.9. The second-order valence-corrected chi connectivity index (χ2v) is 5.39. The minimum Gasteiger partial charge on any atom is -0.457 e. The molecule has 0 aromatic heterocycles. The van der Waals surface area contributed by atoms with Crippen LogP contribution in [0.5, 0.6) is 11.5 Å². The molecule has 0 bridgehead atoms. The Morgan fingerprint density at radius 3 is 2.41 bits per heavy atom. The molecule has 88 valence electrons. The first kappa shape index (κ1) is 12.6. The van der Waals surface area contributed by atoms with Gasteiger partial charge in [-0.05, 0) is 42.0 Å². The van der Waals surface area contributed by atoms with Crippen LogP contribution in [0, 0.1) is 0 Å². The number of hydrogen-bond acceptors (Lipinski definition) is 2. The van der Waals surface area contributed by atoms with Crippen molar-refractivity contribution in [2.75, 3.05) is 0 Å². The first-order chi connectivity index (χ1) is 8.17. The Bertz CT molecular complexity index is 529. The zero-order valence-electron chi connectivity index (χ0n) is 8.99. The number of benzene rings is 2. The third kappa shape index (κ3) is 3.56. The highest BCUT2D eigenvalue weighted by Gasteiger charge is 2.01. The molecule has 2 aromatic rings. The fourth-order valence-electron chi connectivity index (χ4n) is 1.46. The number of nitrogens with two attached hydrogens (primary N) is 1. The number of rotatable bonds is 3. The first-order valence-electron chi connectivity index (χ1n) is 5.10. The molecule has 0 aliphatic carbocycles. The van der Waals surface area contributed by atoms with Crippen LogP contribution in [0.15, 0.2) is 51.4 Å². The molecule has 4 heteroatoms. The van der Waals surface area contributed by atoms with Gasteiger partial charge < -0.3 is 10.5 Å². The largest absolute Gasteiger partial charge is 0.457 e. The van der Waals surface area contributed by atoms with Crippen LogP contribution in [0.1, 0.15) is 5.56 Å². The van der Waals surface area contributed by atoms with Crippen molar-refractivity contribution in [2.24, 2.45) is 5.73 Å². The Hall–Kier alpha value is -0.840. The summed E-state index contributed by atoms with van der Waals surface area (Å²) < 4.78 is 7.72. The fourth-order valence-corrected chi connectivity index (χ4v) is 2.36. The Morgan fingerprint density at radius 2 is 1.71 bits per heavy atom. The van der Waals surface area contributed by atoms with Crippen molar-refractivity contribution in [1.82, 2.24) is 0 Å². The van der Waals surface area contributed by atoms with E-state index in [0.29, 0.717) is 6.54 Å². The Morgan fingerprint density at radius 1 is 0.941 bits per heavy atom. The van der Waals surface area contributed by atoms with Gasteiger partial charge in [-0.3, -0.25) is 0 Å². The van der Waals surface area contributed by atoms with Crippen LogP contribution < -0.4 is 10.5 Å². The molecule has 0 saturated heterocycles. The van der Waals surface area contributed by atoms with Crippen LogP contribution in [0.4, 0.5) is 0 Å². The van der Waals surface area contributed by atoms with E-state index in [1.165, 1.54) is 0 Å². The zero-order valence-corrected chi connectivity index (χ0v) is 12.2. The Labute approximate surface area is 117 Å². The van der Waals surface area contributed by atoms with Gasteiger partial charge in [0.1, 0.15) is 11.5 Å². The van der Waals surface area contributed by atoms with Crippen molar-refractivity contribution in [3.05, 3.63) is 57.0 Å². The van der Waals surface area contributed by atoms with Gasteiger partial charge in [-0.25, -0.2) is 0 Å². The van der Waals surface area contributed by atoms with Crippen LogP contribution in [0.3, 0.4) is 0 Å². The van der Waals surface area contributed by atoms with Crippen molar-refractivity contribution in [1.29, 1.82) is 0 Å². The smallest absolute Gasteiger partial charge is 0.128 e. The Kier molecular flexibility index (Phi) is 4.20. The summed E-state index contributed by atoms with van der Waals surface area (Å²) in [6.07, 6.45) is 0. The Balaban J connectivity index is 2.26. The van der Waals surface area contributed by atoms with Gasteiger partial charge in [0, 0.05) is 15.5 Å². The summed E-state index contributed by atoms with van der Waals surface area (Å²) in [4.78, 5) is 0. The molecule has 2 rings (SSSR count). The highest BCUT2D eigenvalue weighted by molar-refractivity contribution is 9.10. The molecule has 0 saturated carbocycles. The minimum atomic E-state index is 0.494. The van der Waals surface area contributed by atoms with Crippen LogP contribution in [0.25, 0.3) is 0 Å². The molecule has 0 heterocycles. The van der Waals surface area contributed by atoms with Crippen molar-refractivity contribution in [3.63, 3.8) is 0 Å². The summed E-state index contributed by atoms with van der Waals surface area (Å²) in [5.41, 5.74) is 6.65. The van der Waals surface area contributed by atoms with Crippen molar-refractivity contribution < 1.29 is 4.74 Å². The van der Waals surface area contributed by atoms with Gasteiger partial charge >= 0.3 is 0 Å². The predicted molar refractivity (Wildman–Crippen MR) is 76.2 cm³/mol. The molecule has 0 unspecified atom stereocenters. The molecule has 0 radical (unpaired) electrons. The maximum absolute atomic E-state index is 5.77. The molecule has 0 spiro atoms. The lowest BCUT2D eigenvalue weighted by molar-refractivity contribution is 0.481. The summed E-state index contributed by atoms with van der Waals surface area (Å²) >= 11 is 6.85. The fraction of sp³-hybridized carbons (Fsp3) is 0.0769. The van der Waals surface area contributed by atoms with Gasteiger partial charge in [0.05, 0.1) is 0 Å². The predicted octanol–water partition coefficient (Wildman–Crippen LogP) is 4.46. The van der Waals surface area contributed by atoms with E-state index in [2.05, 4.69) is 31.9 Å². The van der Waals surface area contributed by atoms with E-state index in [9.17, 15) is 0 Å². The van der Waals surface area contributed by atoms with Gasteiger partial charge in [0.25, 0.3) is 0 Å². The lowest BCUT2D eigenvalue weighted by Crippen LogP contribution is -1.96. The lowest BCUT2D eigenvalue weighted by atomic mass is 10.2. The molecule has 0 amide bonds. The minimum absolute atomic E-state index is 0.494. The summed E-state index contributed by atoms with van der Waals surface area (Å²) in [6.45, 7) is 0.494. The van der Waals surface area contributed by atoms with Gasteiger partial charge in [0.15, 0.2) is 0 Å². The third-order valence-electron chi connectivity index (χ3n) is 2.20. The van der Waals surface area contributed by atoms with E-state index in [0.717, 1.165) is 26.0 Å². The molecule has 2 nitrogen and oxygen atoms in total. The molecule has 0 aliphatic heterocycles. The molecular weight excluding hydrogens is 346 g/mol. The van der Waals surface area contributed by atoms with Gasteiger partial charge in [0.2, 0.25) is 0 Å². The number of halogens is 2. The zero-order chi connectivity index (χ0) is 12.3. The third-order valence-corrected chi connectivity index (χ3v) is 3.15. The average Bonchev–Trinajstić information content (AvgIpc) is 2.28. The monoisotopic (exact) mass is 355 g/mol. The SMILES string of the molecule is NCc1cc(Br)cc(Oc2cccc(Br)c2)c1. The standard InChI is InChI=1S/C13H11Br2NO/c14-10-2-1-3-12(6-10)17-13-5-9(8-16)4-11(15)7-13/h1-7H,8,16H2. The van der Waals surface area contributed by atoms with Gasteiger partial charge in [-0.15, -0.1) is 0 Å². The van der Waals surface area contributed by atoms with E-state index in [1.54, 1.807) is 0 Å².